The minimum Gasteiger partial charge on any atom is -0.396 e. The Hall–Kier alpha value is -3.28. The second-order valence-electron chi connectivity index (χ2n) is 6.32. The Bertz CT molecular complexity index is 1150. The minimum absolute atomic E-state index is 0.306. The first-order valence-corrected chi connectivity index (χ1v) is 8.82. The van der Waals surface area contributed by atoms with Crippen LogP contribution in [0.4, 0.5) is 4.39 Å². The van der Waals surface area contributed by atoms with Crippen molar-refractivity contribution in [2.45, 2.75) is 20.3 Å². The van der Waals surface area contributed by atoms with Gasteiger partial charge in [-0.2, -0.15) is 0 Å². The van der Waals surface area contributed by atoms with E-state index in [-0.39, 0.29) is 5.82 Å². The van der Waals surface area contributed by atoms with Crippen LogP contribution < -0.4 is 0 Å². The molecule has 0 saturated heterocycles. The molecule has 0 aliphatic heterocycles. The number of hydrogen-bond acceptors (Lipinski definition) is 4. The Balaban J connectivity index is 1.73. The molecule has 3 heterocycles. The van der Waals surface area contributed by atoms with E-state index in [1.54, 1.807) is 23.7 Å². The Labute approximate surface area is 156 Å². The molecule has 0 bridgehead atoms. The summed E-state index contributed by atoms with van der Waals surface area (Å²) in [6.07, 6.45) is 5.98. The fraction of sp³-hybridized carbons (Fsp3) is 0.190. The van der Waals surface area contributed by atoms with Crippen molar-refractivity contribution in [3.63, 3.8) is 0 Å². The third kappa shape index (κ3) is 3.38. The summed E-state index contributed by atoms with van der Waals surface area (Å²) in [5, 5.41) is 5.08. The van der Waals surface area contributed by atoms with E-state index in [4.69, 9.17) is 4.84 Å². The predicted molar refractivity (Wildman–Crippen MR) is 104 cm³/mol. The lowest BCUT2D eigenvalue weighted by Gasteiger charge is -2.07. The summed E-state index contributed by atoms with van der Waals surface area (Å²) in [7, 11) is 0. The number of halogens is 1. The van der Waals surface area contributed by atoms with Gasteiger partial charge in [-0.15, -0.1) is 0 Å². The van der Waals surface area contributed by atoms with Crippen molar-refractivity contribution < 1.29 is 9.23 Å². The molecular formula is C21H19FN4O. The molecule has 136 valence electrons. The van der Waals surface area contributed by atoms with Crippen LogP contribution in [-0.2, 0) is 11.3 Å². The topological polar surface area (TPSA) is 51.8 Å². The molecule has 0 fully saturated rings. The van der Waals surface area contributed by atoms with Crippen molar-refractivity contribution in [1.29, 1.82) is 0 Å². The average Bonchev–Trinajstić information content (AvgIpc) is 3.09. The maximum absolute atomic E-state index is 14.5. The molecule has 0 unspecified atom stereocenters. The summed E-state index contributed by atoms with van der Waals surface area (Å²) >= 11 is 0. The van der Waals surface area contributed by atoms with Gasteiger partial charge in [0.15, 0.2) is 11.5 Å². The van der Waals surface area contributed by atoms with Gasteiger partial charge in [-0.05, 0) is 43.7 Å². The van der Waals surface area contributed by atoms with Crippen LogP contribution in [0.2, 0.25) is 0 Å². The van der Waals surface area contributed by atoms with Gasteiger partial charge in [-0.25, -0.2) is 9.37 Å². The fourth-order valence-corrected chi connectivity index (χ4v) is 3.08. The Morgan fingerprint density at radius 2 is 2.11 bits per heavy atom. The molecule has 0 atom stereocenters. The van der Waals surface area contributed by atoms with E-state index in [1.165, 1.54) is 6.07 Å². The molecule has 4 aromatic rings. The van der Waals surface area contributed by atoms with Crippen LogP contribution in [0.15, 0.2) is 60.1 Å². The van der Waals surface area contributed by atoms with Gasteiger partial charge in [0.1, 0.15) is 6.61 Å². The fourth-order valence-electron chi connectivity index (χ4n) is 3.08. The molecule has 0 aliphatic carbocycles. The first-order valence-electron chi connectivity index (χ1n) is 8.82. The smallest absolute Gasteiger partial charge is 0.173 e. The number of nitrogens with zero attached hydrogens (tertiary/aromatic N) is 4. The molecule has 0 saturated carbocycles. The van der Waals surface area contributed by atoms with Crippen molar-refractivity contribution in [2.24, 2.45) is 5.16 Å². The van der Waals surface area contributed by atoms with Crippen LogP contribution in [-0.4, -0.2) is 26.7 Å². The highest BCUT2D eigenvalue weighted by molar-refractivity contribution is 5.98. The summed E-state index contributed by atoms with van der Waals surface area (Å²) in [6.45, 7) is 4.12. The van der Waals surface area contributed by atoms with Crippen molar-refractivity contribution >= 4 is 22.3 Å². The van der Waals surface area contributed by atoms with Crippen LogP contribution in [0.5, 0.6) is 0 Å². The summed E-state index contributed by atoms with van der Waals surface area (Å²) in [5.74, 6) is -0.382. The quantitative estimate of drug-likeness (QED) is 0.391. The van der Waals surface area contributed by atoms with E-state index >= 15 is 0 Å². The van der Waals surface area contributed by atoms with Gasteiger partial charge in [0.2, 0.25) is 0 Å². The second kappa shape index (κ2) is 7.15. The van der Waals surface area contributed by atoms with Crippen LogP contribution in [0.1, 0.15) is 30.7 Å². The van der Waals surface area contributed by atoms with Crippen LogP contribution >= 0.6 is 0 Å². The number of pyridine rings is 2. The van der Waals surface area contributed by atoms with Crippen LogP contribution in [0, 0.1) is 5.82 Å². The lowest BCUT2D eigenvalue weighted by molar-refractivity contribution is 0.159. The molecule has 5 nitrogen and oxygen atoms in total. The summed E-state index contributed by atoms with van der Waals surface area (Å²) in [4.78, 5) is 13.7. The number of imidazole rings is 1. The average molecular weight is 362 g/mol. The number of benzene rings is 1. The van der Waals surface area contributed by atoms with Crippen LogP contribution in [0.3, 0.4) is 0 Å². The first kappa shape index (κ1) is 17.1. The Kier molecular flexibility index (Phi) is 4.54. The zero-order valence-corrected chi connectivity index (χ0v) is 15.2. The lowest BCUT2D eigenvalue weighted by Crippen LogP contribution is -2.03. The standard InChI is InChI=1S/C21H19FN4O/c1-3-27-25-14(2)17-11-19(22)21-24-12-18(26(21)13-17)10-15-6-7-20-16(9-15)5-4-8-23-20/h4-9,11-13H,3,10H2,1-2H3/b25-14+. The van der Waals surface area contributed by atoms with Gasteiger partial charge in [0.05, 0.1) is 11.2 Å². The number of oxime groups is 1. The summed E-state index contributed by atoms with van der Waals surface area (Å²) in [5.41, 5.74) is 4.56. The molecule has 3 aromatic heterocycles. The van der Waals surface area contributed by atoms with E-state index in [0.29, 0.717) is 30.0 Å². The van der Waals surface area contributed by atoms with Crippen molar-refractivity contribution in [2.75, 3.05) is 6.61 Å². The van der Waals surface area contributed by atoms with Crippen molar-refractivity contribution in [3.8, 4) is 0 Å². The van der Waals surface area contributed by atoms with Gasteiger partial charge in [0.25, 0.3) is 0 Å². The number of aromatic nitrogens is 3. The largest absolute Gasteiger partial charge is 0.396 e. The molecule has 0 aliphatic rings. The first-order chi connectivity index (χ1) is 13.2. The second-order valence-corrected chi connectivity index (χ2v) is 6.32. The SMILES string of the molecule is CCO/N=C(\C)c1cc(F)c2ncc(Cc3ccc4ncccc4c3)n2c1. The summed E-state index contributed by atoms with van der Waals surface area (Å²) < 4.78 is 16.3. The van der Waals surface area contributed by atoms with Crippen LogP contribution in [0.25, 0.3) is 16.6 Å². The van der Waals surface area contributed by atoms with E-state index in [9.17, 15) is 4.39 Å². The third-order valence-electron chi connectivity index (χ3n) is 4.44. The third-order valence-corrected chi connectivity index (χ3v) is 4.44. The molecule has 0 radical (unpaired) electrons. The maximum Gasteiger partial charge on any atom is 0.173 e. The summed E-state index contributed by atoms with van der Waals surface area (Å²) in [6, 6.07) is 11.5. The lowest BCUT2D eigenvalue weighted by atomic mass is 10.1. The van der Waals surface area contributed by atoms with E-state index in [2.05, 4.69) is 21.2 Å². The molecule has 1 aromatic carbocycles. The molecule has 0 amide bonds. The Morgan fingerprint density at radius 3 is 2.96 bits per heavy atom. The molecule has 27 heavy (non-hydrogen) atoms. The highest BCUT2D eigenvalue weighted by Gasteiger charge is 2.12. The maximum atomic E-state index is 14.5. The van der Waals surface area contributed by atoms with Crippen molar-refractivity contribution in [1.82, 2.24) is 14.4 Å². The normalized spacial score (nSPS) is 12.0. The molecule has 6 heteroatoms. The van der Waals surface area contributed by atoms with E-state index in [1.807, 2.05) is 37.4 Å². The zero-order valence-electron chi connectivity index (χ0n) is 15.2. The van der Waals surface area contributed by atoms with Gasteiger partial charge in [-0.1, -0.05) is 17.3 Å². The van der Waals surface area contributed by atoms with Crippen molar-refractivity contribution in [3.05, 3.63) is 77.6 Å². The Morgan fingerprint density at radius 1 is 1.22 bits per heavy atom. The molecule has 0 spiro atoms. The number of hydrogen-bond donors (Lipinski definition) is 0. The number of rotatable bonds is 5. The van der Waals surface area contributed by atoms with Gasteiger partial charge in [0, 0.05) is 41.7 Å². The molecule has 4 rings (SSSR count). The highest BCUT2D eigenvalue weighted by Crippen LogP contribution is 2.19. The van der Waals surface area contributed by atoms with Gasteiger partial charge < -0.3 is 9.24 Å². The van der Waals surface area contributed by atoms with Gasteiger partial charge in [-0.3, -0.25) is 4.98 Å². The predicted octanol–water partition coefficient (Wildman–Crippen LogP) is 4.37. The zero-order chi connectivity index (χ0) is 18.8. The molecular weight excluding hydrogens is 343 g/mol. The van der Waals surface area contributed by atoms with E-state index in [0.717, 1.165) is 22.2 Å². The highest BCUT2D eigenvalue weighted by atomic mass is 19.1. The van der Waals surface area contributed by atoms with Gasteiger partial charge >= 0.3 is 0 Å². The van der Waals surface area contributed by atoms with E-state index < -0.39 is 0 Å². The minimum atomic E-state index is -0.382. The number of fused-ring (bicyclic) bond motifs is 2. The molecule has 0 N–H and O–H groups in total. The monoisotopic (exact) mass is 362 g/mol.